The third-order valence-electron chi connectivity index (χ3n) is 6.69. The smallest absolute Gasteiger partial charge is 0.306 e. The topological polar surface area (TPSA) is 52.6 Å². The number of hydrogen-bond acceptors (Lipinski definition) is 7. The molecular weight excluding hydrogens is 629 g/mol. The van der Waals surface area contributed by atoms with Crippen LogP contribution < -0.4 is 0 Å². The van der Waals surface area contributed by atoms with Gasteiger partial charge in [-0.15, -0.1) is 11.8 Å². The zero-order valence-electron chi connectivity index (χ0n) is 27.5. The standard InChI is InChI=1S/C25H26O2S.C14H20O2S2/c1-18(2)27-25(26)16-17-28-24-14-12-23(13-15-24)22-10-8-21(9-11-22)20-6-4-19(3)5-7-20;1-11(2)16-14(15)7-8-18-10-13-5-3-12(9-17)4-6-13/h4-15,18H,16-17H2,1-3H3;3-6,11,17H,7-10H2,1-2H3. The number of benzene rings is 4. The van der Waals surface area contributed by atoms with Gasteiger partial charge in [0.15, 0.2) is 0 Å². The molecule has 0 spiro atoms. The Labute approximate surface area is 289 Å². The molecule has 0 saturated heterocycles. The van der Waals surface area contributed by atoms with E-state index in [9.17, 15) is 9.59 Å². The molecule has 4 rings (SSSR count). The third kappa shape index (κ3) is 14.1. The summed E-state index contributed by atoms with van der Waals surface area (Å²) < 4.78 is 10.2. The van der Waals surface area contributed by atoms with E-state index in [1.165, 1.54) is 38.9 Å². The van der Waals surface area contributed by atoms with Crippen LogP contribution in [0, 0.1) is 6.92 Å². The summed E-state index contributed by atoms with van der Waals surface area (Å²) in [6.07, 6.45) is 0.855. The van der Waals surface area contributed by atoms with Gasteiger partial charge >= 0.3 is 11.9 Å². The van der Waals surface area contributed by atoms with Crippen molar-refractivity contribution >= 4 is 48.1 Å². The van der Waals surface area contributed by atoms with Gasteiger partial charge < -0.3 is 9.47 Å². The highest BCUT2D eigenvalue weighted by atomic mass is 32.2. The molecule has 0 atom stereocenters. The van der Waals surface area contributed by atoms with E-state index in [2.05, 4.69) is 117 Å². The minimum Gasteiger partial charge on any atom is -0.463 e. The van der Waals surface area contributed by atoms with Gasteiger partial charge in [-0.3, -0.25) is 9.59 Å². The van der Waals surface area contributed by atoms with Crippen LogP contribution in [0.15, 0.2) is 102 Å². The Hall–Kier alpha value is -3.13. The van der Waals surface area contributed by atoms with Crippen LogP contribution in [-0.4, -0.2) is 35.7 Å². The SMILES string of the molecule is CC(C)OC(=O)CCSCc1ccc(CS)cc1.Cc1ccc(-c2ccc(-c3ccc(SCCC(=O)OC(C)C)cc3)cc2)cc1. The number of carbonyl (C=O) groups is 2. The van der Waals surface area contributed by atoms with Crippen molar-refractivity contribution in [1.29, 1.82) is 0 Å². The molecule has 0 N–H and O–H groups in total. The Kier molecular flexibility index (Phi) is 16.4. The first-order valence-electron chi connectivity index (χ1n) is 15.7. The van der Waals surface area contributed by atoms with Gasteiger partial charge in [0.2, 0.25) is 0 Å². The van der Waals surface area contributed by atoms with Crippen molar-refractivity contribution in [2.75, 3.05) is 11.5 Å². The monoisotopic (exact) mass is 674 g/mol. The highest BCUT2D eigenvalue weighted by Crippen LogP contribution is 2.27. The maximum atomic E-state index is 11.6. The minimum atomic E-state index is -0.132. The summed E-state index contributed by atoms with van der Waals surface area (Å²) in [7, 11) is 0. The van der Waals surface area contributed by atoms with Crippen molar-refractivity contribution < 1.29 is 19.1 Å². The summed E-state index contributed by atoms with van der Waals surface area (Å²) in [4.78, 5) is 24.1. The van der Waals surface area contributed by atoms with E-state index < -0.39 is 0 Å². The number of thiol groups is 1. The van der Waals surface area contributed by atoms with Gasteiger partial charge in [-0.1, -0.05) is 90.5 Å². The van der Waals surface area contributed by atoms with Gasteiger partial charge in [0.05, 0.1) is 25.0 Å². The maximum Gasteiger partial charge on any atom is 0.306 e. The highest BCUT2D eigenvalue weighted by molar-refractivity contribution is 7.99. The average Bonchev–Trinajstić information content (AvgIpc) is 3.04. The zero-order chi connectivity index (χ0) is 33.3. The second-order valence-corrected chi connectivity index (χ2v) is 14.0. The molecular formula is C39H46O4S3. The van der Waals surface area contributed by atoms with Crippen molar-refractivity contribution in [2.24, 2.45) is 0 Å². The molecule has 244 valence electrons. The number of rotatable bonds is 14. The van der Waals surface area contributed by atoms with Crippen molar-refractivity contribution in [2.45, 2.75) is 76.1 Å². The Morgan fingerprint density at radius 2 is 1.02 bits per heavy atom. The van der Waals surface area contributed by atoms with E-state index in [-0.39, 0.29) is 24.1 Å². The van der Waals surface area contributed by atoms with Crippen LogP contribution in [0.4, 0.5) is 0 Å². The van der Waals surface area contributed by atoms with Crippen LogP contribution in [0.5, 0.6) is 0 Å². The molecule has 4 aromatic carbocycles. The molecule has 0 radical (unpaired) electrons. The molecule has 46 heavy (non-hydrogen) atoms. The molecule has 0 aliphatic rings. The lowest BCUT2D eigenvalue weighted by molar-refractivity contribution is -0.147. The lowest BCUT2D eigenvalue weighted by atomic mass is 10.00. The molecule has 0 aliphatic heterocycles. The Morgan fingerprint density at radius 3 is 1.48 bits per heavy atom. The fourth-order valence-electron chi connectivity index (χ4n) is 4.33. The maximum absolute atomic E-state index is 11.6. The molecule has 7 heteroatoms. The normalized spacial score (nSPS) is 10.8. The molecule has 0 saturated carbocycles. The third-order valence-corrected chi connectivity index (χ3v) is 9.10. The van der Waals surface area contributed by atoms with Crippen LogP contribution in [0.1, 0.15) is 57.2 Å². The van der Waals surface area contributed by atoms with Gasteiger partial charge in [-0.05, 0) is 80.1 Å². The highest BCUT2D eigenvalue weighted by Gasteiger charge is 2.07. The van der Waals surface area contributed by atoms with E-state index in [1.807, 2.05) is 27.7 Å². The first-order valence-corrected chi connectivity index (χ1v) is 18.5. The first-order chi connectivity index (χ1) is 22.1. The lowest BCUT2D eigenvalue weighted by Crippen LogP contribution is -2.11. The van der Waals surface area contributed by atoms with E-state index in [0.717, 1.165) is 27.9 Å². The number of carbonyl (C=O) groups excluding carboxylic acids is 2. The summed E-state index contributed by atoms with van der Waals surface area (Å²) in [5.74, 6) is 3.00. The Morgan fingerprint density at radius 1 is 0.609 bits per heavy atom. The summed E-state index contributed by atoms with van der Waals surface area (Å²) in [6, 6.07) is 34.2. The molecule has 4 aromatic rings. The fourth-order valence-corrected chi connectivity index (χ4v) is 6.25. The largest absolute Gasteiger partial charge is 0.463 e. The van der Waals surface area contributed by atoms with Gasteiger partial charge in [0.1, 0.15) is 0 Å². The van der Waals surface area contributed by atoms with E-state index in [1.54, 1.807) is 23.5 Å². The molecule has 0 fully saturated rings. The zero-order valence-corrected chi connectivity index (χ0v) is 30.1. The van der Waals surface area contributed by atoms with Crippen molar-refractivity contribution in [3.63, 3.8) is 0 Å². The Balaban J connectivity index is 0.000000277. The second-order valence-electron chi connectivity index (χ2n) is 11.4. The lowest BCUT2D eigenvalue weighted by Gasteiger charge is -2.08. The molecule has 0 heterocycles. The first kappa shape index (κ1) is 37.3. The van der Waals surface area contributed by atoms with E-state index in [4.69, 9.17) is 9.47 Å². The van der Waals surface area contributed by atoms with Gasteiger partial charge in [0.25, 0.3) is 0 Å². The molecule has 0 bridgehead atoms. The quantitative estimate of drug-likeness (QED) is 0.0622. The number of esters is 2. The van der Waals surface area contributed by atoms with Gasteiger partial charge in [0, 0.05) is 27.9 Å². The van der Waals surface area contributed by atoms with Crippen LogP contribution in [0.25, 0.3) is 22.3 Å². The summed E-state index contributed by atoms with van der Waals surface area (Å²) in [5, 5.41) is 0. The van der Waals surface area contributed by atoms with Gasteiger partial charge in [-0.25, -0.2) is 0 Å². The fraction of sp³-hybridized carbons (Fsp3) is 0.333. The number of ether oxygens (including phenoxy) is 2. The van der Waals surface area contributed by atoms with Gasteiger partial charge in [-0.2, -0.15) is 24.4 Å². The van der Waals surface area contributed by atoms with Crippen molar-refractivity contribution in [3.05, 3.63) is 114 Å². The summed E-state index contributed by atoms with van der Waals surface area (Å²) in [5.41, 5.74) is 8.64. The minimum absolute atomic E-state index is 0.0173. The van der Waals surface area contributed by atoms with E-state index in [0.29, 0.717) is 12.8 Å². The van der Waals surface area contributed by atoms with Crippen LogP contribution >= 0.6 is 36.2 Å². The van der Waals surface area contributed by atoms with Crippen LogP contribution in [0.2, 0.25) is 0 Å². The van der Waals surface area contributed by atoms with Crippen molar-refractivity contribution in [1.82, 2.24) is 0 Å². The van der Waals surface area contributed by atoms with Crippen molar-refractivity contribution in [3.8, 4) is 22.3 Å². The summed E-state index contributed by atoms with van der Waals surface area (Å²) in [6.45, 7) is 9.59. The predicted molar refractivity (Wildman–Crippen MR) is 200 cm³/mol. The molecule has 0 amide bonds. The van der Waals surface area contributed by atoms with E-state index >= 15 is 0 Å². The number of thioether (sulfide) groups is 2. The molecule has 4 nitrogen and oxygen atoms in total. The van der Waals surface area contributed by atoms with Crippen LogP contribution in [0.3, 0.4) is 0 Å². The second kappa shape index (κ2) is 20.2. The molecule has 0 aliphatic carbocycles. The number of aryl methyl sites for hydroxylation is 1. The molecule has 0 aromatic heterocycles. The molecule has 0 unspecified atom stereocenters. The summed E-state index contributed by atoms with van der Waals surface area (Å²) >= 11 is 7.66. The van der Waals surface area contributed by atoms with Crippen LogP contribution in [-0.2, 0) is 30.6 Å². The Bertz CT molecular complexity index is 1460. The number of hydrogen-bond donors (Lipinski definition) is 1. The average molecular weight is 675 g/mol. The predicted octanol–water partition coefficient (Wildman–Crippen LogP) is 10.5.